The van der Waals surface area contributed by atoms with Gasteiger partial charge in [0.25, 0.3) is 5.91 Å². The van der Waals surface area contributed by atoms with Crippen LogP contribution in [0.3, 0.4) is 0 Å². The van der Waals surface area contributed by atoms with Gasteiger partial charge in [-0.25, -0.2) is 0 Å². The number of guanidine groups is 1. The minimum atomic E-state index is -0.0704. The van der Waals surface area contributed by atoms with Crippen LogP contribution < -0.4 is 16.0 Å². The van der Waals surface area contributed by atoms with Gasteiger partial charge in [0.05, 0.1) is 0 Å². The van der Waals surface area contributed by atoms with Crippen molar-refractivity contribution in [3.8, 4) is 0 Å². The van der Waals surface area contributed by atoms with Crippen LogP contribution in [0.4, 0.5) is 0 Å². The number of carbonyl (C=O) groups excluding carboxylic acids is 1. The van der Waals surface area contributed by atoms with E-state index in [9.17, 15) is 4.79 Å². The van der Waals surface area contributed by atoms with Crippen molar-refractivity contribution in [2.75, 3.05) is 20.6 Å². The molecule has 1 rings (SSSR count). The van der Waals surface area contributed by atoms with Gasteiger partial charge in [0.2, 0.25) is 0 Å². The van der Waals surface area contributed by atoms with E-state index in [1.807, 2.05) is 24.3 Å². The van der Waals surface area contributed by atoms with Crippen LogP contribution in [0.15, 0.2) is 29.3 Å². The molecule has 3 N–H and O–H groups in total. The molecule has 0 atom stereocenters. The van der Waals surface area contributed by atoms with Gasteiger partial charge < -0.3 is 16.0 Å². The van der Waals surface area contributed by atoms with Gasteiger partial charge in [-0.1, -0.05) is 26.0 Å². The Morgan fingerprint density at radius 1 is 1.19 bits per heavy atom. The molecule has 0 aliphatic carbocycles. The number of halogens is 1. The monoisotopic (exact) mass is 404 g/mol. The molecule has 0 bridgehead atoms. The zero-order valence-electron chi connectivity index (χ0n) is 13.1. The number of hydrogen-bond acceptors (Lipinski definition) is 2. The smallest absolute Gasteiger partial charge is 0.251 e. The molecule has 0 aliphatic rings. The fourth-order valence-corrected chi connectivity index (χ4v) is 1.63. The number of carbonyl (C=O) groups is 1. The van der Waals surface area contributed by atoms with Crippen LogP contribution in [0.25, 0.3) is 0 Å². The standard InChI is InChI=1S/C15H24N4O.HI/c1-11(2)9-18-15(17-4)19-10-12-5-7-13(8-6-12)14(20)16-3;/h5-8,11H,9-10H2,1-4H3,(H,16,20)(H2,17,18,19);1H. The van der Waals surface area contributed by atoms with Gasteiger partial charge in [-0.15, -0.1) is 24.0 Å². The van der Waals surface area contributed by atoms with Crippen molar-refractivity contribution >= 4 is 35.8 Å². The van der Waals surface area contributed by atoms with Crippen LogP contribution in [0.5, 0.6) is 0 Å². The second-order valence-corrected chi connectivity index (χ2v) is 4.98. The van der Waals surface area contributed by atoms with E-state index in [0.717, 1.165) is 18.1 Å². The van der Waals surface area contributed by atoms with Crippen molar-refractivity contribution in [2.24, 2.45) is 10.9 Å². The SMILES string of the molecule is CN=C(NCc1ccc(C(=O)NC)cc1)NCC(C)C.I. The molecule has 0 unspecified atom stereocenters. The molecule has 0 heterocycles. The van der Waals surface area contributed by atoms with Gasteiger partial charge in [0.1, 0.15) is 0 Å². The van der Waals surface area contributed by atoms with Gasteiger partial charge in [-0.05, 0) is 23.6 Å². The zero-order valence-corrected chi connectivity index (χ0v) is 15.4. The third-order valence-corrected chi connectivity index (χ3v) is 2.80. The summed E-state index contributed by atoms with van der Waals surface area (Å²) in [5.74, 6) is 1.29. The van der Waals surface area contributed by atoms with E-state index in [1.165, 1.54) is 0 Å². The Morgan fingerprint density at radius 3 is 2.29 bits per heavy atom. The topological polar surface area (TPSA) is 65.5 Å². The van der Waals surface area contributed by atoms with Gasteiger partial charge >= 0.3 is 0 Å². The molecule has 5 nitrogen and oxygen atoms in total. The lowest BCUT2D eigenvalue weighted by molar-refractivity contribution is 0.0963. The molecule has 118 valence electrons. The van der Waals surface area contributed by atoms with Gasteiger partial charge in [-0.3, -0.25) is 9.79 Å². The summed E-state index contributed by atoms with van der Waals surface area (Å²) in [5.41, 5.74) is 1.77. The molecule has 21 heavy (non-hydrogen) atoms. The largest absolute Gasteiger partial charge is 0.356 e. The molecule has 0 saturated heterocycles. The minimum Gasteiger partial charge on any atom is -0.356 e. The second-order valence-electron chi connectivity index (χ2n) is 4.98. The van der Waals surface area contributed by atoms with Crippen LogP contribution in [-0.4, -0.2) is 32.5 Å². The molecule has 0 spiro atoms. The predicted molar refractivity (Wildman–Crippen MR) is 98.3 cm³/mol. The van der Waals surface area contributed by atoms with Gasteiger partial charge in [-0.2, -0.15) is 0 Å². The van der Waals surface area contributed by atoms with E-state index in [0.29, 0.717) is 18.0 Å². The Morgan fingerprint density at radius 2 is 1.81 bits per heavy atom. The summed E-state index contributed by atoms with van der Waals surface area (Å²) in [5, 5.41) is 9.10. The van der Waals surface area contributed by atoms with Crippen molar-refractivity contribution in [3.05, 3.63) is 35.4 Å². The average Bonchev–Trinajstić information content (AvgIpc) is 2.47. The molecule has 1 aromatic rings. The second kappa shape index (κ2) is 10.4. The minimum absolute atomic E-state index is 0. The Labute approximate surface area is 144 Å². The van der Waals surface area contributed by atoms with Gasteiger partial charge in [0.15, 0.2) is 5.96 Å². The quantitative estimate of drug-likeness (QED) is 0.400. The van der Waals surface area contributed by atoms with E-state index >= 15 is 0 Å². The van der Waals surface area contributed by atoms with Crippen molar-refractivity contribution in [1.29, 1.82) is 0 Å². The fraction of sp³-hybridized carbons (Fsp3) is 0.467. The van der Waals surface area contributed by atoms with Gasteiger partial charge in [0, 0.05) is 32.7 Å². The lowest BCUT2D eigenvalue weighted by Gasteiger charge is -2.13. The summed E-state index contributed by atoms with van der Waals surface area (Å²) in [6, 6.07) is 7.51. The zero-order chi connectivity index (χ0) is 15.0. The molecule has 6 heteroatoms. The van der Waals surface area contributed by atoms with E-state index in [-0.39, 0.29) is 29.9 Å². The lowest BCUT2D eigenvalue weighted by atomic mass is 10.1. The number of nitrogens with zero attached hydrogens (tertiary/aromatic N) is 1. The summed E-state index contributed by atoms with van der Waals surface area (Å²) in [4.78, 5) is 15.6. The molecule has 0 fully saturated rings. The van der Waals surface area contributed by atoms with Crippen LogP contribution in [0, 0.1) is 5.92 Å². The van der Waals surface area contributed by atoms with Crippen molar-refractivity contribution in [2.45, 2.75) is 20.4 Å². The highest BCUT2D eigenvalue weighted by Gasteiger charge is 2.03. The maximum Gasteiger partial charge on any atom is 0.251 e. The first kappa shape index (κ1) is 19.7. The highest BCUT2D eigenvalue weighted by atomic mass is 127. The molecular weight excluding hydrogens is 379 g/mol. The molecule has 1 aromatic carbocycles. The van der Waals surface area contributed by atoms with Crippen molar-refractivity contribution in [3.63, 3.8) is 0 Å². The maximum absolute atomic E-state index is 11.4. The Kier molecular flexibility index (Phi) is 9.77. The van der Waals surface area contributed by atoms with Crippen LogP contribution >= 0.6 is 24.0 Å². The number of hydrogen-bond donors (Lipinski definition) is 3. The molecule has 1 amide bonds. The number of aliphatic imine (C=N–C) groups is 1. The molecular formula is C15H25IN4O. The Balaban J connectivity index is 0.00000400. The normalized spacial score (nSPS) is 10.8. The first-order valence-corrected chi connectivity index (χ1v) is 6.82. The number of rotatable bonds is 5. The maximum atomic E-state index is 11.4. The van der Waals surface area contributed by atoms with E-state index in [1.54, 1.807) is 14.1 Å². The van der Waals surface area contributed by atoms with Crippen LogP contribution in [0.1, 0.15) is 29.8 Å². The summed E-state index contributed by atoms with van der Waals surface area (Å²) in [6.07, 6.45) is 0. The fourth-order valence-electron chi connectivity index (χ4n) is 1.63. The summed E-state index contributed by atoms with van der Waals surface area (Å²) in [6.45, 7) is 5.86. The van der Waals surface area contributed by atoms with E-state index in [4.69, 9.17) is 0 Å². The highest BCUT2D eigenvalue weighted by Crippen LogP contribution is 2.04. The summed E-state index contributed by atoms with van der Waals surface area (Å²) >= 11 is 0. The number of nitrogens with one attached hydrogen (secondary N) is 3. The Bertz CT molecular complexity index is 457. The third kappa shape index (κ3) is 7.31. The molecule has 0 radical (unpaired) electrons. The van der Waals surface area contributed by atoms with E-state index in [2.05, 4.69) is 34.8 Å². The first-order valence-electron chi connectivity index (χ1n) is 6.82. The van der Waals surface area contributed by atoms with Crippen molar-refractivity contribution in [1.82, 2.24) is 16.0 Å². The predicted octanol–water partition coefficient (Wildman–Crippen LogP) is 1.99. The molecule has 0 aliphatic heterocycles. The van der Waals surface area contributed by atoms with Crippen molar-refractivity contribution < 1.29 is 4.79 Å². The van der Waals surface area contributed by atoms with E-state index < -0.39 is 0 Å². The number of amides is 1. The Hall–Kier alpha value is -1.31. The lowest BCUT2D eigenvalue weighted by Crippen LogP contribution is -2.38. The highest BCUT2D eigenvalue weighted by molar-refractivity contribution is 14.0. The number of benzene rings is 1. The average molecular weight is 404 g/mol. The first-order chi connectivity index (χ1) is 9.56. The summed E-state index contributed by atoms with van der Waals surface area (Å²) < 4.78 is 0. The molecule has 0 aromatic heterocycles. The van der Waals surface area contributed by atoms with Crippen LogP contribution in [0.2, 0.25) is 0 Å². The summed E-state index contributed by atoms with van der Waals surface area (Å²) in [7, 11) is 3.38. The molecule has 0 saturated carbocycles. The van der Waals surface area contributed by atoms with Crippen LogP contribution in [-0.2, 0) is 6.54 Å². The third-order valence-electron chi connectivity index (χ3n) is 2.80.